The number of rotatable bonds is 7. The van der Waals surface area contributed by atoms with Crippen LogP contribution in [-0.4, -0.2) is 11.8 Å². The lowest BCUT2D eigenvalue weighted by molar-refractivity contribution is 0.296. The van der Waals surface area contributed by atoms with Gasteiger partial charge in [-0.05, 0) is 67.1 Å². The summed E-state index contributed by atoms with van der Waals surface area (Å²) in [5, 5.41) is 3.91. The van der Waals surface area contributed by atoms with E-state index in [1.54, 1.807) is 0 Å². The fourth-order valence-electron chi connectivity index (χ4n) is 3.11. The van der Waals surface area contributed by atoms with E-state index in [0.717, 1.165) is 46.7 Å². The minimum absolute atomic E-state index is 0.662. The summed E-state index contributed by atoms with van der Waals surface area (Å²) in [7, 11) is 0. The van der Waals surface area contributed by atoms with E-state index in [1.807, 2.05) is 19.1 Å². The van der Waals surface area contributed by atoms with E-state index in [0.29, 0.717) is 6.61 Å². The van der Waals surface area contributed by atoms with E-state index in [2.05, 4.69) is 62.0 Å². The zero-order valence-electron chi connectivity index (χ0n) is 15.7. The van der Waals surface area contributed by atoms with Crippen molar-refractivity contribution in [1.29, 1.82) is 0 Å². The molecule has 0 spiro atoms. The smallest absolute Gasteiger partial charge is 0.137 e. The molecule has 2 aromatic carbocycles. The molecule has 0 aliphatic rings. The number of aromatic nitrogens is 1. The highest BCUT2D eigenvalue weighted by atomic mass is 16.5. The normalized spacial score (nSPS) is 10.7. The van der Waals surface area contributed by atoms with E-state index < -0.39 is 0 Å². The molecule has 0 amide bonds. The minimum Gasteiger partial charge on any atom is -0.493 e. The SMILES string of the molecule is C=Cc1ccc(-c2cc(C)c(OCCCc3cc(C)no3)c(C)c2)cc1. The van der Waals surface area contributed by atoms with Crippen molar-refractivity contribution >= 4 is 6.08 Å². The molecular formula is C23H25NO2. The molecule has 1 aromatic heterocycles. The average Bonchev–Trinajstić information content (AvgIpc) is 3.05. The van der Waals surface area contributed by atoms with E-state index in [9.17, 15) is 0 Å². The molecular weight excluding hydrogens is 322 g/mol. The van der Waals surface area contributed by atoms with Crippen LogP contribution < -0.4 is 4.74 Å². The Kier molecular flexibility index (Phi) is 5.57. The molecule has 3 nitrogen and oxygen atoms in total. The second kappa shape index (κ2) is 8.05. The van der Waals surface area contributed by atoms with Gasteiger partial charge in [0.15, 0.2) is 0 Å². The predicted molar refractivity (Wildman–Crippen MR) is 106 cm³/mol. The summed E-state index contributed by atoms with van der Waals surface area (Å²) >= 11 is 0. The summed E-state index contributed by atoms with van der Waals surface area (Å²) in [6.45, 7) is 10.6. The highest BCUT2D eigenvalue weighted by Gasteiger charge is 2.09. The van der Waals surface area contributed by atoms with Crippen LogP contribution in [-0.2, 0) is 6.42 Å². The van der Waals surface area contributed by atoms with Gasteiger partial charge in [0.2, 0.25) is 0 Å². The van der Waals surface area contributed by atoms with Gasteiger partial charge < -0.3 is 9.26 Å². The van der Waals surface area contributed by atoms with Crippen molar-refractivity contribution in [2.24, 2.45) is 0 Å². The van der Waals surface area contributed by atoms with Crippen LogP contribution in [0.3, 0.4) is 0 Å². The molecule has 0 unspecified atom stereocenters. The third-order valence-electron chi connectivity index (χ3n) is 4.43. The third kappa shape index (κ3) is 4.23. The molecule has 0 aliphatic heterocycles. The fraction of sp³-hybridized carbons (Fsp3) is 0.261. The Balaban J connectivity index is 1.65. The summed E-state index contributed by atoms with van der Waals surface area (Å²) in [6.07, 6.45) is 3.60. The molecule has 0 radical (unpaired) electrons. The highest BCUT2D eigenvalue weighted by molar-refractivity contribution is 5.68. The first-order valence-electron chi connectivity index (χ1n) is 8.96. The second-order valence-electron chi connectivity index (χ2n) is 6.65. The molecule has 0 saturated heterocycles. The highest BCUT2D eigenvalue weighted by Crippen LogP contribution is 2.30. The molecule has 0 aliphatic carbocycles. The Morgan fingerprint density at radius 2 is 1.69 bits per heavy atom. The number of ether oxygens (including phenoxy) is 1. The van der Waals surface area contributed by atoms with Crippen LogP contribution in [0.5, 0.6) is 5.75 Å². The van der Waals surface area contributed by atoms with Crippen molar-refractivity contribution in [3.63, 3.8) is 0 Å². The van der Waals surface area contributed by atoms with Crippen molar-refractivity contribution in [3.05, 3.63) is 77.2 Å². The van der Waals surface area contributed by atoms with Crippen molar-refractivity contribution in [2.75, 3.05) is 6.61 Å². The van der Waals surface area contributed by atoms with Gasteiger partial charge in [-0.1, -0.05) is 42.1 Å². The van der Waals surface area contributed by atoms with Gasteiger partial charge in [-0.25, -0.2) is 0 Å². The maximum Gasteiger partial charge on any atom is 0.137 e. The van der Waals surface area contributed by atoms with Crippen molar-refractivity contribution in [2.45, 2.75) is 33.6 Å². The van der Waals surface area contributed by atoms with Gasteiger partial charge in [0, 0.05) is 12.5 Å². The van der Waals surface area contributed by atoms with E-state index in [1.165, 1.54) is 11.1 Å². The minimum atomic E-state index is 0.662. The molecule has 0 N–H and O–H groups in total. The van der Waals surface area contributed by atoms with Crippen molar-refractivity contribution in [3.8, 4) is 16.9 Å². The van der Waals surface area contributed by atoms with Crippen LogP contribution in [0.2, 0.25) is 0 Å². The predicted octanol–water partition coefficient (Wildman–Crippen LogP) is 5.92. The Bertz CT molecular complexity index is 868. The van der Waals surface area contributed by atoms with Gasteiger partial charge in [-0.15, -0.1) is 0 Å². The molecule has 1 heterocycles. The second-order valence-corrected chi connectivity index (χ2v) is 6.65. The molecule has 0 atom stereocenters. The van der Waals surface area contributed by atoms with Crippen LogP contribution >= 0.6 is 0 Å². The van der Waals surface area contributed by atoms with Gasteiger partial charge in [-0.3, -0.25) is 0 Å². The number of hydrogen-bond acceptors (Lipinski definition) is 3. The molecule has 0 fully saturated rings. The summed E-state index contributed by atoms with van der Waals surface area (Å²) in [4.78, 5) is 0. The van der Waals surface area contributed by atoms with Crippen molar-refractivity contribution < 1.29 is 9.26 Å². The Morgan fingerprint density at radius 3 is 2.27 bits per heavy atom. The first-order chi connectivity index (χ1) is 12.6. The summed E-state index contributed by atoms with van der Waals surface area (Å²) in [6, 6.07) is 14.8. The summed E-state index contributed by atoms with van der Waals surface area (Å²) in [5.74, 6) is 1.89. The zero-order valence-corrected chi connectivity index (χ0v) is 15.7. The van der Waals surface area contributed by atoms with Gasteiger partial charge >= 0.3 is 0 Å². The van der Waals surface area contributed by atoms with Gasteiger partial charge in [0.05, 0.1) is 12.3 Å². The molecule has 0 bridgehead atoms. The van der Waals surface area contributed by atoms with E-state index in [-0.39, 0.29) is 0 Å². The Labute approximate surface area is 155 Å². The molecule has 3 aromatic rings. The molecule has 3 rings (SSSR count). The monoisotopic (exact) mass is 347 g/mol. The van der Waals surface area contributed by atoms with E-state index in [4.69, 9.17) is 9.26 Å². The van der Waals surface area contributed by atoms with Gasteiger partial charge in [0.25, 0.3) is 0 Å². The number of hydrogen-bond donors (Lipinski definition) is 0. The zero-order chi connectivity index (χ0) is 18.5. The lowest BCUT2D eigenvalue weighted by atomic mass is 9.99. The standard InChI is InChI=1S/C23H25NO2/c1-5-19-8-10-20(11-9-19)21-13-16(2)23(17(3)14-21)25-12-6-7-22-15-18(4)24-26-22/h5,8-11,13-15H,1,6-7,12H2,2-4H3. The number of nitrogens with zero attached hydrogens (tertiary/aromatic N) is 1. The Morgan fingerprint density at radius 1 is 1.00 bits per heavy atom. The largest absolute Gasteiger partial charge is 0.493 e. The molecule has 0 saturated carbocycles. The molecule has 3 heteroatoms. The van der Waals surface area contributed by atoms with Crippen molar-refractivity contribution in [1.82, 2.24) is 5.16 Å². The summed E-state index contributed by atoms with van der Waals surface area (Å²) < 4.78 is 11.3. The van der Waals surface area contributed by atoms with Crippen LogP contribution in [0.1, 0.15) is 34.6 Å². The first-order valence-corrected chi connectivity index (χ1v) is 8.96. The summed E-state index contributed by atoms with van der Waals surface area (Å²) in [5.41, 5.74) is 6.77. The van der Waals surface area contributed by atoms with E-state index >= 15 is 0 Å². The van der Waals surface area contributed by atoms with Crippen LogP contribution in [0, 0.1) is 20.8 Å². The quantitative estimate of drug-likeness (QED) is 0.498. The number of benzene rings is 2. The average molecular weight is 347 g/mol. The van der Waals surface area contributed by atoms with Crippen LogP contribution in [0.25, 0.3) is 17.2 Å². The number of aryl methyl sites for hydroxylation is 4. The molecule has 26 heavy (non-hydrogen) atoms. The van der Waals surface area contributed by atoms with Crippen LogP contribution in [0.15, 0.2) is 53.6 Å². The Hall–Kier alpha value is -2.81. The van der Waals surface area contributed by atoms with Crippen LogP contribution in [0.4, 0.5) is 0 Å². The maximum absolute atomic E-state index is 6.05. The first kappa shape index (κ1) is 18.0. The van der Waals surface area contributed by atoms with Gasteiger partial charge in [0.1, 0.15) is 11.5 Å². The lowest BCUT2D eigenvalue weighted by Crippen LogP contribution is -2.02. The fourth-order valence-corrected chi connectivity index (χ4v) is 3.11. The van der Waals surface area contributed by atoms with Gasteiger partial charge in [-0.2, -0.15) is 0 Å². The topological polar surface area (TPSA) is 35.3 Å². The maximum atomic E-state index is 6.05. The lowest BCUT2D eigenvalue weighted by Gasteiger charge is -2.14. The third-order valence-corrected chi connectivity index (χ3v) is 4.43. The molecule has 134 valence electrons.